The van der Waals surface area contributed by atoms with Crippen LogP contribution in [0.2, 0.25) is 5.02 Å². The number of nitrogens with one attached hydrogen (secondary N) is 3. The molecule has 5 aromatic carbocycles. The van der Waals surface area contributed by atoms with E-state index in [0.717, 1.165) is 16.0 Å². The van der Waals surface area contributed by atoms with E-state index < -0.39 is 17.1 Å². The van der Waals surface area contributed by atoms with Crippen molar-refractivity contribution in [3.8, 4) is 11.3 Å². The second-order valence-corrected chi connectivity index (χ2v) is 13.3. The molecule has 0 radical (unpaired) electrons. The lowest BCUT2D eigenvalue weighted by atomic mass is 10.1. The maximum absolute atomic E-state index is 13.6. The Hall–Kier alpha value is -5.55. The Morgan fingerprint density at radius 2 is 1.44 bits per heavy atom. The zero-order chi connectivity index (χ0) is 34.9. The first-order chi connectivity index (χ1) is 24.3. The minimum Gasteiger partial charge on any atom is -0.321 e. The third-order valence-electron chi connectivity index (χ3n) is 7.29. The molecule has 0 spiro atoms. The number of carbonyl (C=O) groups excluding carboxylic acids is 3. The number of nitrogens with zero attached hydrogens (tertiary/aromatic N) is 1. The van der Waals surface area contributed by atoms with E-state index in [1.54, 1.807) is 84.9 Å². The average Bonchev–Trinajstić information content (AvgIpc) is 3.61. The largest absolute Gasteiger partial charge is 0.321 e. The Morgan fingerprint density at radius 1 is 0.780 bits per heavy atom. The number of anilines is 2. The molecule has 11 heteroatoms. The van der Waals surface area contributed by atoms with Gasteiger partial charge in [-0.25, -0.2) is 9.37 Å². The molecule has 0 saturated heterocycles. The summed E-state index contributed by atoms with van der Waals surface area (Å²) >= 11 is 8.67. The zero-order valence-corrected chi connectivity index (χ0v) is 28.6. The van der Waals surface area contributed by atoms with Crippen molar-refractivity contribution in [1.29, 1.82) is 0 Å². The van der Waals surface area contributed by atoms with Gasteiger partial charge in [-0.3, -0.25) is 14.4 Å². The highest BCUT2D eigenvalue weighted by Gasteiger charge is 2.23. The number of halogens is 2. The monoisotopic (exact) mass is 718 g/mol. The normalized spacial score (nSPS) is 11.8. The van der Waals surface area contributed by atoms with Gasteiger partial charge < -0.3 is 16.0 Å². The predicted molar refractivity (Wildman–Crippen MR) is 200 cm³/mol. The van der Waals surface area contributed by atoms with Gasteiger partial charge in [0.05, 0.1) is 5.69 Å². The van der Waals surface area contributed by atoms with Crippen molar-refractivity contribution in [1.82, 2.24) is 10.3 Å². The van der Waals surface area contributed by atoms with Crippen molar-refractivity contribution < 1.29 is 18.8 Å². The lowest BCUT2D eigenvalue weighted by Gasteiger charge is -2.17. The molecule has 6 aromatic rings. The molecule has 3 amide bonds. The predicted octanol–water partition coefficient (Wildman–Crippen LogP) is 9.48. The first kappa shape index (κ1) is 34.3. The van der Waals surface area contributed by atoms with E-state index in [9.17, 15) is 18.8 Å². The van der Waals surface area contributed by atoms with E-state index >= 15 is 0 Å². The molecule has 248 valence electrons. The topological polar surface area (TPSA) is 100 Å². The average molecular weight is 719 g/mol. The van der Waals surface area contributed by atoms with Gasteiger partial charge in [0.15, 0.2) is 5.13 Å². The van der Waals surface area contributed by atoms with E-state index in [4.69, 9.17) is 11.6 Å². The van der Waals surface area contributed by atoms with E-state index in [-0.39, 0.29) is 17.4 Å². The number of carbonyl (C=O) groups is 3. The van der Waals surface area contributed by atoms with Crippen LogP contribution in [0.15, 0.2) is 149 Å². The maximum Gasteiger partial charge on any atom is 0.272 e. The number of thiazole rings is 1. The molecule has 0 aliphatic carbocycles. The standard InChI is InChI=1S/C39H28ClFN4O3S2/c40-29-15-11-25(12-16-29)23-33(43-36(46)28-9-5-2-6-10-28)37(47)42-31-19-21-32(22-20-31)50-35(27-7-3-1-4-8-27)38(48)45-39-44-34(24-49-39)26-13-17-30(41)18-14-26/h1-24,35H,(H,42,47)(H,43,46)(H,44,45,48)/b33-23-. The fraction of sp³-hybridized carbons (Fsp3) is 0.0256. The Kier molecular flexibility index (Phi) is 11.1. The third-order valence-corrected chi connectivity index (χ3v) is 9.57. The van der Waals surface area contributed by atoms with E-state index in [0.29, 0.717) is 32.7 Å². The van der Waals surface area contributed by atoms with Gasteiger partial charge in [0.1, 0.15) is 16.8 Å². The summed E-state index contributed by atoms with van der Waals surface area (Å²) in [5.41, 5.74) is 3.80. The Balaban J connectivity index is 1.16. The van der Waals surface area contributed by atoms with Gasteiger partial charge in [0.25, 0.3) is 11.8 Å². The van der Waals surface area contributed by atoms with Crippen LogP contribution in [0.4, 0.5) is 15.2 Å². The van der Waals surface area contributed by atoms with Crippen molar-refractivity contribution in [2.24, 2.45) is 0 Å². The molecular weight excluding hydrogens is 691 g/mol. The lowest BCUT2D eigenvalue weighted by Crippen LogP contribution is -2.30. The SMILES string of the molecule is O=C(Nc1ccc(SC(C(=O)Nc2nc(-c3ccc(F)cc3)cs2)c2ccccc2)cc1)/C(=C/c1ccc(Cl)cc1)NC(=O)c1ccccc1. The first-order valence-electron chi connectivity index (χ1n) is 15.3. The van der Waals surface area contributed by atoms with Crippen LogP contribution in [0, 0.1) is 5.82 Å². The summed E-state index contributed by atoms with van der Waals surface area (Å²) in [5, 5.41) is 10.7. The molecule has 0 aliphatic rings. The molecule has 0 bridgehead atoms. The maximum atomic E-state index is 13.6. The summed E-state index contributed by atoms with van der Waals surface area (Å²) in [4.78, 5) is 45.4. The van der Waals surface area contributed by atoms with Crippen LogP contribution in [0.1, 0.15) is 26.7 Å². The van der Waals surface area contributed by atoms with Gasteiger partial charge in [-0.05, 0) is 90.0 Å². The van der Waals surface area contributed by atoms with Gasteiger partial charge in [-0.2, -0.15) is 0 Å². The van der Waals surface area contributed by atoms with Crippen molar-refractivity contribution in [2.75, 3.05) is 10.6 Å². The molecule has 1 aromatic heterocycles. The molecule has 3 N–H and O–H groups in total. The molecule has 1 atom stereocenters. The van der Waals surface area contributed by atoms with Gasteiger partial charge >= 0.3 is 0 Å². The van der Waals surface area contributed by atoms with Gasteiger partial charge in [0, 0.05) is 32.1 Å². The summed E-state index contributed by atoms with van der Waals surface area (Å²) in [6.07, 6.45) is 1.57. The molecule has 1 unspecified atom stereocenters. The number of amides is 3. The van der Waals surface area contributed by atoms with E-state index in [1.165, 1.54) is 35.2 Å². The van der Waals surface area contributed by atoms with E-state index in [2.05, 4.69) is 20.9 Å². The van der Waals surface area contributed by atoms with E-state index in [1.807, 2.05) is 47.8 Å². The molecule has 6 rings (SSSR count). The fourth-order valence-corrected chi connectivity index (χ4v) is 6.65. The number of hydrogen-bond donors (Lipinski definition) is 3. The number of benzene rings is 5. The van der Waals surface area contributed by atoms with Crippen molar-refractivity contribution in [2.45, 2.75) is 10.1 Å². The molecule has 50 heavy (non-hydrogen) atoms. The Labute approximate surface area is 301 Å². The van der Waals surface area contributed by atoms with Crippen LogP contribution in [0.3, 0.4) is 0 Å². The minimum absolute atomic E-state index is 0.0465. The second-order valence-electron chi connectivity index (χ2n) is 10.9. The first-order valence-corrected chi connectivity index (χ1v) is 17.4. The second kappa shape index (κ2) is 16.2. The molecule has 0 saturated carbocycles. The smallest absolute Gasteiger partial charge is 0.272 e. The highest BCUT2D eigenvalue weighted by Crippen LogP contribution is 2.37. The number of rotatable bonds is 11. The van der Waals surface area contributed by atoms with Crippen molar-refractivity contribution >= 4 is 69.3 Å². The van der Waals surface area contributed by atoms with Crippen LogP contribution in [0.5, 0.6) is 0 Å². The van der Waals surface area contributed by atoms with Gasteiger partial charge in [-0.1, -0.05) is 72.3 Å². The zero-order valence-electron chi connectivity index (χ0n) is 26.2. The van der Waals surface area contributed by atoms with Crippen molar-refractivity contribution in [3.05, 3.63) is 172 Å². The number of hydrogen-bond acceptors (Lipinski definition) is 6. The minimum atomic E-state index is -0.614. The van der Waals surface area contributed by atoms with Gasteiger partial charge in [-0.15, -0.1) is 23.1 Å². The molecule has 0 fully saturated rings. The summed E-state index contributed by atoms with van der Waals surface area (Å²) in [6.45, 7) is 0. The summed E-state index contributed by atoms with van der Waals surface area (Å²) in [5.74, 6) is -1.54. The summed E-state index contributed by atoms with van der Waals surface area (Å²) < 4.78 is 13.4. The third kappa shape index (κ3) is 9.12. The van der Waals surface area contributed by atoms with Crippen molar-refractivity contribution in [3.63, 3.8) is 0 Å². The van der Waals surface area contributed by atoms with Crippen LogP contribution in [-0.4, -0.2) is 22.7 Å². The summed E-state index contributed by atoms with van der Waals surface area (Å²) in [7, 11) is 0. The van der Waals surface area contributed by atoms with Crippen LogP contribution < -0.4 is 16.0 Å². The highest BCUT2D eigenvalue weighted by molar-refractivity contribution is 8.00. The Bertz CT molecular complexity index is 2130. The molecule has 0 aliphatic heterocycles. The lowest BCUT2D eigenvalue weighted by molar-refractivity contribution is -0.116. The van der Waals surface area contributed by atoms with Crippen LogP contribution in [0.25, 0.3) is 17.3 Å². The summed E-state index contributed by atoms with van der Waals surface area (Å²) in [6, 6.07) is 38.0. The number of aromatic nitrogens is 1. The van der Waals surface area contributed by atoms with Gasteiger partial charge in [0.2, 0.25) is 5.91 Å². The number of thioether (sulfide) groups is 1. The van der Waals surface area contributed by atoms with Crippen LogP contribution >= 0.6 is 34.7 Å². The fourth-order valence-electron chi connectivity index (χ4n) is 4.78. The molecular formula is C39H28ClFN4O3S2. The molecule has 7 nitrogen and oxygen atoms in total. The molecule has 1 heterocycles. The Morgan fingerprint density at radius 3 is 2.12 bits per heavy atom. The quantitative estimate of drug-likeness (QED) is 0.0916. The van der Waals surface area contributed by atoms with Crippen LogP contribution in [-0.2, 0) is 9.59 Å². The highest BCUT2D eigenvalue weighted by atomic mass is 35.5.